The molecule has 0 saturated carbocycles. The predicted molar refractivity (Wildman–Crippen MR) is 69.1 cm³/mol. The SMILES string of the molecule is NC1CCCc2nc(-c3cccc(O)c3)sc21. The van der Waals surface area contributed by atoms with Gasteiger partial charge in [-0.1, -0.05) is 12.1 Å². The minimum absolute atomic E-state index is 0.141. The van der Waals surface area contributed by atoms with Crippen LogP contribution < -0.4 is 5.73 Å². The maximum Gasteiger partial charge on any atom is 0.124 e. The zero-order valence-corrected chi connectivity index (χ0v) is 10.2. The molecule has 1 aromatic carbocycles. The lowest BCUT2D eigenvalue weighted by Gasteiger charge is -2.15. The van der Waals surface area contributed by atoms with Gasteiger partial charge in [-0.15, -0.1) is 11.3 Å². The molecule has 0 bridgehead atoms. The number of nitrogens with zero attached hydrogens (tertiary/aromatic N) is 1. The summed E-state index contributed by atoms with van der Waals surface area (Å²) in [4.78, 5) is 5.86. The van der Waals surface area contributed by atoms with Gasteiger partial charge in [0.15, 0.2) is 0 Å². The fourth-order valence-corrected chi connectivity index (χ4v) is 3.36. The van der Waals surface area contributed by atoms with Gasteiger partial charge in [0.1, 0.15) is 10.8 Å². The van der Waals surface area contributed by atoms with E-state index in [1.165, 1.54) is 4.88 Å². The average molecular weight is 246 g/mol. The zero-order valence-electron chi connectivity index (χ0n) is 9.39. The second-order valence-electron chi connectivity index (χ2n) is 4.38. The first kappa shape index (κ1) is 10.7. The summed E-state index contributed by atoms with van der Waals surface area (Å²) in [6, 6.07) is 7.36. The van der Waals surface area contributed by atoms with Gasteiger partial charge >= 0.3 is 0 Å². The molecule has 2 aromatic rings. The number of fused-ring (bicyclic) bond motifs is 1. The number of aryl methyl sites for hydroxylation is 1. The van der Waals surface area contributed by atoms with Crippen molar-refractivity contribution in [3.63, 3.8) is 0 Å². The summed E-state index contributed by atoms with van der Waals surface area (Å²) in [7, 11) is 0. The van der Waals surface area contributed by atoms with Gasteiger partial charge in [-0.3, -0.25) is 0 Å². The van der Waals surface area contributed by atoms with Gasteiger partial charge in [-0.25, -0.2) is 4.98 Å². The highest BCUT2D eigenvalue weighted by molar-refractivity contribution is 7.15. The molecular weight excluding hydrogens is 232 g/mol. The molecule has 4 heteroatoms. The lowest BCUT2D eigenvalue weighted by molar-refractivity contribution is 0.475. The number of aromatic nitrogens is 1. The highest BCUT2D eigenvalue weighted by Crippen LogP contribution is 2.37. The molecule has 0 spiro atoms. The Hall–Kier alpha value is -1.39. The Morgan fingerprint density at radius 1 is 1.41 bits per heavy atom. The van der Waals surface area contributed by atoms with E-state index in [-0.39, 0.29) is 11.8 Å². The minimum Gasteiger partial charge on any atom is -0.508 e. The topological polar surface area (TPSA) is 59.1 Å². The van der Waals surface area contributed by atoms with E-state index >= 15 is 0 Å². The highest BCUT2D eigenvalue weighted by atomic mass is 32.1. The normalized spacial score (nSPS) is 19.0. The fraction of sp³-hybridized carbons (Fsp3) is 0.308. The van der Waals surface area contributed by atoms with Gasteiger partial charge in [0.05, 0.1) is 5.69 Å². The van der Waals surface area contributed by atoms with Gasteiger partial charge in [0.2, 0.25) is 0 Å². The molecule has 1 unspecified atom stereocenters. The highest BCUT2D eigenvalue weighted by Gasteiger charge is 2.22. The molecule has 17 heavy (non-hydrogen) atoms. The van der Waals surface area contributed by atoms with E-state index in [1.54, 1.807) is 23.5 Å². The van der Waals surface area contributed by atoms with Crippen LogP contribution in [0.1, 0.15) is 29.5 Å². The Balaban J connectivity index is 2.05. The largest absolute Gasteiger partial charge is 0.508 e. The Morgan fingerprint density at radius 2 is 2.29 bits per heavy atom. The predicted octanol–water partition coefficient (Wildman–Crippen LogP) is 2.85. The maximum atomic E-state index is 9.48. The summed E-state index contributed by atoms with van der Waals surface area (Å²) in [5.41, 5.74) is 8.20. The number of rotatable bonds is 1. The first-order valence-electron chi connectivity index (χ1n) is 5.78. The first-order valence-corrected chi connectivity index (χ1v) is 6.60. The number of phenols is 1. The smallest absolute Gasteiger partial charge is 0.124 e. The molecule has 3 rings (SSSR count). The van der Waals surface area contributed by atoms with Crippen molar-refractivity contribution in [1.29, 1.82) is 0 Å². The van der Waals surface area contributed by atoms with E-state index in [2.05, 4.69) is 4.98 Å². The quantitative estimate of drug-likeness (QED) is 0.813. The van der Waals surface area contributed by atoms with Crippen LogP contribution in [0, 0.1) is 0 Å². The van der Waals surface area contributed by atoms with Crippen LogP contribution in [-0.4, -0.2) is 10.1 Å². The molecule has 0 aliphatic heterocycles. The number of hydrogen-bond acceptors (Lipinski definition) is 4. The summed E-state index contributed by atoms with van der Waals surface area (Å²) >= 11 is 1.66. The number of thiazole rings is 1. The minimum atomic E-state index is 0.141. The lowest BCUT2D eigenvalue weighted by Crippen LogP contribution is -2.15. The molecule has 3 N–H and O–H groups in total. The van der Waals surface area contributed by atoms with Gasteiger partial charge < -0.3 is 10.8 Å². The van der Waals surface area contributed by atoms with Crippen LogP contribution in [-0.2, 0) is 6.42 Å². The Bertz CT molecular complexity index is 550. The van der Waals surface area contributed by atoms with Crippen molar-refractivity contribution in [3.05, 3.63) is 34.8 Å². The van der Waals surface area contributed by atoms with Gasteiger partial charge in [0.25, 0.3) is 0 Å². The van der Waals surface area contributed by atoms with Crippen LogP contribution in [0.25, 0.3) is 10.6 Å². The lowest BCUT2D eigenvalue weighted by atomic mass is 9.99. The molecule has 1 atom stereocenters. The molecule has 88 valence electrons. The van der Waals surface area contributed by atoms with Crippen LogP contribution in [0.15, 0.2) is 24.3 Å². The Morgan fingerprint density at radius 3 is 3.06 bits per heavy atom. The number of hydrogen-bond donors (Lipinski definition) is 2. The summed E-state index contributed by atoms with van der Waals surface area (Å²) in [6.45, 7) is 0. The van der Waals surface area contributed by atoms with Crippen molar-refractivity contribution in [1.82, 2.24) is 4.98 Å². The third-order valence-corrected chi connectivity index (χ3v) is 4.36. The van der Waals surface area contributed by atoms with Crippen LogP contribution in [0.2, 0.25) is 0 Å². The average Bonchev–Trinajstić information content (AvgIpc) is 2.74. The maximum absolute atomic E-state index is 9.48. The van der Waals surface area contributed by atoms with E-state index in [1.807, 2.05) is 12.1 Å². The molecule has 1 aromatic heterocycles. The Kier molecular flexibility index (Phi) is 2.61. The van der Waals surface area contributed by atoms with Gasteiger partial charge in [0, 0.05) is 16.5 Å². The van der Waals surface area contributed by atoms with Crippen LogP contribution >= 0.6 is 11.3 Å². The van der Waals surface area contributed by atoms with Crippen molar-refractivity contribution in [2.24, 2.45) is 5.73 Å². The van der Waals surface area contributed by atoms with Gasteiger partial charge in [-0.05, 0) is 31.4 Å². The van der Waals surface area contributed by atoms with E-state index in [0.717, 1.165) is 35.5 Å². The zero-order chi connectivity index (χ0) is 11.8. The van der Waals surface area contributed by atoms with Crippen molar-refractivity contribution >= 4 is 11.3 Å². The third-order valence-electron chi connectivity index (χ3n) is 3.09. The fourth-order valence-electron chi connectivity index (χ4n) is 2.22. The molecular formula is C13H14N2OS. The third kappa shape index (κ3) is 1.94. The van der Waals surface area contributed by atoms with Crippen molar-refractivity contribution in [2.75, 3.05) is 0 Å². The van der Waals surface area contributed by atoms with E-state index in [4.69, 9.17) is 5.73 Å². The molecule has 1 aliphatic carbocycles. The summed E-state index contributed by atoms with van der Waals surface area (Å²) in [5, 5.41) is 10.4. The van der Waals surface area contributed by atoms with Gasteiger partial charge in [-0.2, -0.15) is 0 Å². The molecule has 0 saturated heterocycles. The molecule has 1 heterocycles. The summed E-state index contributed by atoms with van der Waals surface area (Å²) in [5.74, 6) is 0.278. The van der Waals surface area contributed by atoms with E-state index in [9.17, 15) is 5.11 Å². The molecule has 0 amide bonds. The van der Waals surface area contributed by atoms with Crippen LogP contribution in [0.4, 0.5) is 0 Å². The van der Waals surface area contributed by atoms with Crippen LogP contribution in [0.5, 0.6) is 5.75 Å². The number of benzene rings is 1. The number of nitrogens with two attached hydrogens (primary N) is 1. The van der Waals surface area contributed by atoms with Crippen molar-refractivity contribution in [2.45, 2.75) is 25.3 Å². The monoisotopic (exact) mass is 246 g/mol. The second-order valence-corrected chi connectivity index (χ2v) is 5.41. The molecule has 0 fully saturated rings. The van der Waals surface area contributed by atoms with Crippen molar-refractivity contribution < 1.29 is 5.11 Å². The summed E-state index contributed by atoms with van der Waals surface area (Å²) < 4.78 is 0. The standard InChI is InChI=1S/C13H14N2OS/c14-10-5-2-6-11-12(10)17-13(15-11)8-3-1-4-9(16)7-8/h1,3-4,7,10,16H,2,5-6,14H2. The molecule has 3 nitrogen and oxygen atoms in total. The van der Waals surface area contributed by atoms with E-state index in [0.29, 0.717) is 0 Å². The number of aromatic hydroxyl groups is 1. The van der Waals surface area contributed by atoms with Crippen LogP contribution in [0.3, 0.4) is 0 Å². The van der Waals surface area contributed by atoms with Crippen molar-refractivity contribution in [3.8, 4) is 16.3 Å². The van der Waals surface area contributed by atoms with E-state index < -0.39 is 0 Å². The Labute approximate surface area is 104 Å². The number of phenolic OH excluding ortho intramolecular Hbond substituents is 1. The second kappa shape index (κ2) is 4.13. The first-order chi connectivity index (χ1) is 8.24. The summed E-state index contributed by atoms with van der Waals surface area (Å²) in [6.07, 6.45) is 3.20. The molecule has 1 aliphatic rings. The molecule has 0 radical (unpaired) electrons.